The molecule has 5 nitrogen and oxygen atoms in total. The van der Waals surface area contributed by atoms with Crippen LogP contribution in [0.25, 0.3) is 0 Å². The Labute approximate surface area is 146 Å². The van der Waals surface area contributed by atoms with E-state index in [4.69, 9.17) is 16.0 Å². The van der Waals surface area contributed by atoms with Crippen LogP contribution < -0.4 is 5.32 Å². The van der Waals surface area contributed by atoms with E-state index >= 15 is 0 Å². The molecule has 3 rings (SSSR count). The third-order valence-corrected chi connectivity index (χ3v) is 4.62. The highest BCUT2D eigenvalue weighted by atomic mass is 35.5. The van der Waals surface area contributed by atoms with Crippen molar-refractivity contribution in [2.45, 2.75) is 25.0 Å². The Morgan fingerprint density at radius 2 is 2.00 bits per heavy atom. The van der Waals surface area contributed by atoms with E-state index in [2.05, 4.69) is 5.32 Å². The second-order valence-electron chi connectivity index (χ2n) is 6.02. The number of likely N-dealkylation sites (tertiary alicyclic amines) is 1. The molecule has 1 aliphatic rings. The van der Waals surface area contributed by atoms with Crippen molar-refractivity contribution < 1.29 is 14.3 Å². The van der Waals surface area contributed by atoms with Crippen LogP contribution >= 0.6 is 11.6 Å². The smallest absolute Gasteiger partial charge is 0.289 e. The van der Waals surface area contributed by atoms with E-state index in [1.165, 1.54) is 6.26 Å². The van der Waals surface area contributed by atoms with Crippen molar-refractivity contribution in [3.63, 3.8) is 0 Å². The number of nitrogens with one attached hydrogen (secondary N) is 1. The maximum atomic E-state index is 12.2. The van der Waals surface area contributed by atoms with Gasteiger partial charge in [-0.1, -0.05) is 23.7 Å². The van der Waals surface area contributed by atoms with Crippen molar-refractivity contribution >= 4 is 17.5 Å². The highest BCUT2D eigenvalue weighted by Gasteiger charge is 2.25. The molecule has 1 amide bonds. The van der Waals surface area contributed by atoms with Gasteiger partial charge in [0.1, 0.15) is 0 Å². The lowest BCUT2D eigenvalue weighted by Gasteiger charge is -2.32. The number of hydrogen-bond acceptors (Lipinski definition) is 4. The molecule has 1 saturated heterocycles. The van der Waals surface area contributed by atoms with Crippen molar-refractivity contribution in [1.29, 1.82) is 0 Å². The first-order valence-electron chi connectivity index (χ1n) is 8.13. The number of benzene rings is 1. The lowest BCUT2D eigenvalue weighted by molar-refractivity contribution is 0.0666. The maximum Gasteiger partial charge on any atom is 0.289 e. The third-order valence-electron chi connectivity index (χ3n) is 4.37. The largest absolute Gasteiger partial charge is 0.459 e. The summed E-state index contributed by atoms with van der Waals surface area (Å²) < 4.78 is 5.16. The van der Waals surface area contributed by atoms with Crippen molar-refractivity contribution in [2.75, 3.05) is 19.6 Å². The van der Waals surface area contributed by atoms with Gasteiger partial charge in [0.15, 0.2) is 5.76 Å². The molecule has 1 unspecified atom stereocenters. The first-order chi connectivity index (χ1) is 11.6. The molecule has 2 N–H and O–H groups in total. The van der Waals surface area contributed by atoms with Gasteiger partial charge in [-0.2, -0.15) is 0 Å². The lowest BCUT2D eigenvalue weighted by atomic mass is 10.0. The monoisotopic (exact) mass is 348 g/mol. The summed E-state index contributed by atoms with van der Waals surface area (Å²) in [5.74, 6) is 0.333. The van der Waals surface area contributed by atoms with Crippen LogP contribution in [0.1, 0.15) is 35.1 Å². The number of halogens is 1. The van der Waals surface area contributed by atoms with Crippen LogP contribution in [0.5, 0.6) is 0 Å². The Kier molecular flexibility index (Phi) is 5.56. The summed E-state index contributed by atoms with van der Waals surface area (Å²) in [7, 11) is 0. The second-order valence-corrected chi connectivity index (χ2v) is 6.46. The number of amides is 1. The van der Waals surface area contributed by atoms with E-state index in [-0.39, 0.29) is 5.91 Å². The third kappa shape index (κ3) is 4.17. The molecule has 0 spiro atoms. The number of carbonyl (C=O) groups is 1. The lowest BCUT2D eigenvalue weighted by Crippen LogP contribution is -2.45. The van der Waals surface area contributed by atoms with Gasteiger partial charge in [0.2, 0.25) is 0 Å². The molecule has 128 valence electrons. The van der Waals surface area contributed by atoms with Gasteiger partial charge in [0, 0.05) is 30.7 Å². The van der Waals surface area contributed by atoms with Gasteiger partial charge < -0.3 is 19.7 Å². The number of carbonyl (C=O) groups excluding carboxylic acids is 1. The number of nitrogens with zero attached hydrogens (tertiary/aromatic N) is 1. The molecule has 24 heavy (non-hydrogen) atoms. The predicted octanol–water partition coefficient (Wildman–Crippen LogP) is 2.86. The minimum absolute atomic E-state index is 0.0559. The average molecular weight is 349 g/mol. The average Bonchev–Trinajstić information content (AvgIpc) is 3.15. The zero-order chi connectivity index (χ0) is 16.9. The topological polar surface area (TPSA) is 65.7 Å². The molecule has 2 aromatic rings. The summed E-state index contributed by atoms with van der Waals surface area (Å²) in [6.07, 6.45) is 2.67. The minimum atomic E-state index is -0.565. The van der Waals surface area contributed by atoms with Crippen LogP contribution in [0.4, 0.5) is 0 Å². The van der Waals surface area contributed by atoms with E-state index in [0.29, 0.717) is 36.5 Å². The normalized spacial score (nSPS) is 17.0. The van der Waals surface area contributed by atoms with Crippen LogP contribution in [0.2, 0.25) is 5.02 Å². The fraction of sp³-hybridized carbons (Fsp3) is 0.389. The van der Waals surface area contributed by atoms with Gasteiger partial charge in [-0.05, 0) is 42.7 Å². The van der Waals surface area contributed by atoms with Gasteiger partial charge in [-0.3, -0.25) is 4.79 Å². The van der Waals surface area contributed by atoms with Gasteiger partial charge in [0.05, 0.1) is 12.4 Å². The minimum Gasteiger partial charge on any atom is -0.459 e. The van der Waals surface area contributed by atoms with Crippen molar-refractivity contribution in [2.24, 2.45) is 0 Å². The molecule has 1 atom stereocenters. The molecule has 0 bridgehead atoms. The molecule has 1 aliphatic heterocycles. The fourth-order valence-corrected chi connectivity index (χ4v) is 3.05. The highest BCUT2D eigenvalue weighted by Crippen LogP contribution is 2.18. The SMILES string of the molecule is O=C(c1ccco1)N1CCC(NCC(O)c2ccc(Cl)cc2)CC1. The summed E-state index contributed by atoms with van der Waals surface area (Å²) in [5.41, 5.74) is 0.845. The Morgan fingerprint density at radius 1 is 1.29 bits per heavy atom. The number of piperidine rings is 1. The van der Waals surface area contributed by atoms with Crippen molar-refractivity contribution in [3.8, 4) is 0 Å². The maximum absolute atomic E-state index is 12.2. The number of hydrogen-bond donors (Lipinski definition) is 2. The molecule has 1 aromatic heterocycles. The van der Waals surface area contributed by atoms with E-state index in [9.17, 15) is 9.90 Å². The van der Waals surface area contributed by atoms with Gasteiger partial charge in [-0.25, -0.2) is 0 Å². The van der Waals surface area contributed by atoms with E-state index in [0.717, 1.165) is 18.4 Å². The predicted molar refractivity (Wildman–Crippen MR) is 92.0 cm³/mol. The number of furan rings is 1. The molecular weight excluding hydrogens is 328 g/mol. The molecule has 1 fully saturated rings. The molecule has 0 radical (unpaired) electrons. The Hall–Kier alpha value is -1.82. The standard InChI is InChI=1S/C18H21ClN2O3/c19-14-5-3-13(4-6-14)16(22)12-20-15-7-9-21(10-8-15)18(23)17-2-1-11-24-17/h1-6,11,15-16,20,22H,7-10,12H2. The van der Waals surface area contributed by atoms with Crippen LogP contribution in [0.15, 0.2) is 47.1 Å². The van der Waals surface area contributed by atoms with Gasteiger partial charge in [0.25, 0.3) is 5.91 Å². The van der Waals surface area contributed by atoms with E-state index < -0.39 is 6.10 Å². The quantitative estimate of drug-likeness (QED) is 0.872. The molecule has 2 heterocycles. The number of aliphatic hydroxyl groups excluding tert-OH is 1. The van der Waals surface area contributed by atoms with Crippen LogP contribution in [0, 0.1) is 0 Å². The van der Waals surface area contributed by atoms with Crippen molar-refractivity contribution in [1.82, 2.24) is 10.2 Å². The number of aliphatic hydroxyl groups is 1. The summed E-state index contributed by atoms with van der Waals surface area (Å²) in [6, 6.07) is 10.9. The van der Waals surface area contributed by atoms with Crippen molar-refractivity contribution in [3.05, 3.63) is 59.0 Å². The Morgan fingerprint density at radius 3 is 2.62 bits per heavy atom. The van der Waals surface area contributed by atoms with Crippen LogP contribution in [-0.4, -0.2) is 41.6 Å². The molecule has 1 aromatic carbocycles. The van der Waals surface area contributed by atoms with Gasteiger partial charge >= 0.3 is 0 Å². The summed E-state index contributed by atoms with van der Waals surface area (Å²) >= 11 is 5.86. The Bertz CT molecular complexity index is 649. The highest BCUT2D eigenvalue weighted by molar-refractivity contribution is 6.30. The molecule has 6 heteroatoms. The molecule has 0 aliphatic carbocycles. The molecular formula is C18H21ClN2O3. The van der Waals surface area contributed by atoms with E-state index in [1.54, 1.807) is 24.3 Å². The van der Waals surface area contributed by atoms with Gasteiger partial charge in [-0.15, -0.1) is 0 Å². The first-order valence-corrected chi connectivity index (χ1v) is 8.51. The van der Waals surface area contributed by atoms with Crippen LogP contribution in [-0.2, 0) is 0 Å². The Balaban J connectivity index is 1.44. The summed E-state index contributed by atoms with van der Waals surface area (Å²) in [5, 5.41) is 14.3. The molecule has 0 saturated carbocycles. The van der Waals surface area contributed by atoms with E-state index in [1.807, 2.05) is 17.0 Å². The summed E-state index contributed by atoms with van der Waals surface area (Å²) in [4.78, 5) is 14.0. The fourth-order valence-electron chi connectivity index (χ4n) is 2.92. The zero-order valence-electron chi connectivity index (χ0n) is 13.3. The zero-order valence-corrected chi connectivity index (χ0v) is 14.1. The number of rotatable bonds is 5. The first kappa shape index (κ1) is 17.0. The van der Waals surface area contributed by atoms with Crippen LogP contribution in [0.3, 0.4) is 0 Å². The summed E-state index contributed by atoms with van der Waals surface area (Å²) in [6.45, 7) is 1.86. The second kappa shape index (κ2) is 7.83.